The quantitative estimate of drug-likeness (QED) is 0.833. The summed E-state index contributed by atoms with van der Waals surface area (Å²) in [6.45, 7) is 0. The molecule has 0 bridgehead atoms. The Morgan fingerprint density at radius 3 is 2.24 bits per heavy atom. The first kappa shape index (κ1) is 15.4. The van der Waals surface area contributed by atoms with Crippen molar-refractivity contribution in [3.8, 4) is 0 Å². The van der Waals surface area contributed by atoms with E-state index < -0.39 is 17.5 Å². The summed E-state index contributed by atoms with van der Waals surface area (Å²) in [4.78, 5) is 11.8. The van der Waals surface area contributed by atoms with Crippen molar-refractivity contribution in [1.29, 1.82) is 0 Å². The minimum atomic E-state index is -0.720. The van der Waals surface area contributed by atoms with E-state index in [2.05, 4.69) is 5.32 Å². The number of carbonyl (C=O) groups excluding carboxylic acids is 1. The highest BCUT2D eigenvalue weighted by Gasteiger charge is 2.13. The molecule has 0 atom stereocenters. The zero-order valence-electron chi connectivity index (χ0n) is 11.2. The highest BCUT2D eigenvalue weighted by Crippen LogP contribution is 2.15. The van der Waals surface area contributed by atoms with E-state index in [1.54, 1.807) is 12.1 Å². The van der Waals surface area contributed by atoms with Crippen molar-refractivity contribution in [3.63, 3.8) is 0 Å². The third kappa shape index (κ3) is 4.26. The maximum atomic E-state index is 13.5. The van der Waals surface area contributed by atoms with Crippen LogP contribution in [0.1, 0.15) is 11.1 Å². The van der Waals surface area contributed by atoms with Gasteiger partial charge in [-0.3, -0.25) is 4.79 Å². The molecular weight excluding hydrogens is 296 g/mol. The number of halogens is 3. The molecule has 0 saturated carbocycles. The van der Waals surface area contributed by atoms with Crippen molar-refractivity contribution >= 4 is 23.2 Å². The van der Waals surface area contributed by atoms with Gasteiger partial charge in [-0.05, 0) is 36.2 Å². The molecule has 0 aromatic heterocycles. The topological polar surface area (TPSA) is 29.1 Å². The molecule has 2 rings (SSSR count). The minimum Gasteiger partial charge on any atom is -0.326 e. The molecule has 2 aromatic rings. The maximum Gasteiger partial charge on any atom is 0.229 e. The van der Waals surface area contributed by atoms with Gasteiger partial charge in [-0.2, -0.15) is 0 Å². The molecule has 2 aromatic carbocycles. The highest BCUT2D eigenvalue weighted by molar-refractivity contribution is 6.18. The van der Waals surface area contributed by atoms with Gasteiger partial charge in [-0.1, -0.05) is 18.2 Å². The van der Waals surface area contributed by atoms with Crippen molar-refractivity contribution in [3.05, 3.63) is 65.2 Å². The van der Waals surface area contributed by atoms with Crippen LogP contribution in [0.15, 0.2) is 42.5 Å². The van der Waals surface area contributed by atoms with E-state index in [4.69, 9.17) is 11.6 Å². The second-order valence-electron chi connectivity index (χ2n) is 4.56. The molecule has 0 aliphatic carbocycles. The van der Waals surface area contributed by atoms with Crippen LogP contribution in [-0.4, -0.2) is 11.8 Å². The first-order chi connectivity index (χ1) is 10.1. The molecule has 0 radical (unpaired) electrons. The van der Waals surface area contributed by atoms with Crippen LogP contribution in [0.5, 0.6) is 0 Å². The Hall–Kier alpha value is -1.94. The third-order valence-electron chi connectivity index (χ3n) is 3.02. The van der Waals surface area contributed by atoms with Crippen LogP contribution in [-0.2, 0) is 17.6 Å². The van der Waals surface area contributed by atoms with E-state index in [9.17, 15) is 13.6 Å². The summed E-state index contributed by atoms with van der Waals surface area (Å²) < 4.78 is 26.9. The minimum absolute atomic E-state index is 0.228. The molecule has 1 N–H and O–H groups in total. The fourth-order valence-electron chi connectivity index (χ4n) is 1.93. The Morgan fingerprint density at radius 1 is 1.05 bits per heavy atom. The monoisotopic (exact) mass is 309 g/mol. The Kier molecular flexibility index (Phi) is 5.28. The van der Waals surface area contributed by atoms with Crippen molar-refractivity contribution in [2.24, 2.45) is 0 Å². The lowest BCUT2D eigenvalue weighted by Gasteiger charge is -2.07. The molecule has 2 nitrogen and oxygen atoms in total. The third-order valence-corrected chi connectivity index (χ3v) is 3.21. The summed E-state index contributed by atoms with van der Waals surface area (Å²) in [5, 5.41) is 2.61. The summed E-state index contributed by atoms with van der Waals surface area (Å²) in [5.41, 5.74) is 1.41. The van der Waals surface area contributed by atoms with E-state index in [0.29, 0.717) is 11.6 Å². The van der Waals surface area contributed by atoms with Gasteiger partial charge in [0.15, 0.2) is 0 Å². The molecule has 5 heteroatoms. The van der Waals surface area contributed by atoms with Crippen LogP contribution in [0.2, 0.25) is 0 Å². The van der Waals surface area contributed by atoms with Crippen molar-refractivity contribution in [2.75, 3.05) is 11.2 Å². The fraction of sp³-hybridized carbons (Fsp3) is 0.188. The second kappa shape index (κ2) is 7.18. The van der Waals surface area contributed by atoms with Gasteiger partial charge in [0, 0.05) is 17.1 Å². The van der Waals surface area contributed by atoms with Crippen LogP contribution in [0, 0.1) is 11.6 Å². The van der Waals surface area contributed by atoms with E-state index in [-0.39, 0.29) is 12.0 Å². The Morgan fingerprint density at radius 2 is 1.67 bits per heavy atom. The molecule has 0 saturated heterocycles. The Labute approximate surface area is 126 Å². The summed E-state index contributed by atoms with van der Waals surface area (Å²) in [6.07, 6.45) is 0.401. The van der Waals surface area contributed by atoms with Crippen molar-refractivity contribution < 1.29 is 13.6 Å². The standard InChI is InChI=1S/C16H14ClF2NO/c17-9-8-11-4-6-12(7-5-11)20-16(21)10-13-14(18)2-1-3-15(13)19/h1-7H,8-10H2,(H,20,21). The predicted molar refractivity (Wildman–Crippen MR) is 79.6 cm³/mol. The van der Waals surface area contributed by atoms with Gasteiger partial charge < -0.3 is 5.32 Å². The van der Waals surface area contributed by atoms with Crippen LogP contribution >= 0.6 is 11.6 Å². The number of amides is 1. The van der Waals surface area contributed by atoms with Crippen LogP contribution in [0.3, 0.4) is 0 Å². The molecule has 0 heterocycles. The lowest BCUT2D eigenvalue weighted by Crippen LogP contribution is -2.16. The lowest BCUT2D eigenvalue weighted by atomic mass is 10.1. The highest BCUT2D eigenvalue weighted by atomic mass is 35.5. The smallest absolute Gasteiger partial charge is 0.229 e. The molecule has 0 fully saturated rings. The van der Waals surface area contributed by atoms with Crippen LogP contribution in [0.4, 0.5) is 14.5 Å². The largest absolute Gasteiger partial charge is 0.326 e. The number of rotatable bonds is 5. The first-order valence-electron chi connectivity index (χ1n) is 6.48. The number of alkyl halides is 1. The number of benzene rings is 2. The van der Waals surface area contributed by atoms with Gasteiger partial charge in [0.2, 0.25) is 5.91 Å². The number of carbonyl (C=O) groups is 1. The van der Waals surface area contributed by atoms with Gasteiger partial charge in [0.25, 0.3) is 0 Å². The molecule has 21 heavy (non-hydrogen) atoms. The van der Waals surface area contributed by atoms with E-state index in [1.165, 1.54) is 6.07 Å². The fourth-order valence-corrected chi connectivity index (χ4v) is 2.15. The predicted octanol–water partition coefficient (Wildman–Crippen LogP) is 3.93. The van der Waals surface area contributed by atoms with Gasteiger partial charge in [0.1, 0.15) is 11.6 Å². The number of aryl methyl sites for hydroxylation is 1. The van der Waals surface area contributed by atoms with Gasteiger partial charge >= 0.3 is 0 Å². The van der Waals surface area contributed by atoms with Gasteiger partial charge in [0.05, 0.1) is 6.42 Å². The van der Waals surface area contributed by atoms with E-state index in [1.807, 2.05) is 12.1 Å². The molecule has 0 aliphatic rings. The first-order valence-corrected chi connectivity index (χ1v) is 7.01. The van der Waals surface area contributed by atoms with Gasteiger partial charge in [-0.25, -0.2) is 8.78 Å². The molecule has 0 unspecified atom stereocenters. The average molecular weight is 310 g/mol. The zero-order valence-corrected chi connectivity index (χ0v) is 12.0. The zero-order chi connectivity index (χ0) is 15.2. The summed E-state index contributed by atoms with van der Waals surface area (Å²) in [5.74, 6) is -1.38. The Bertz CT molecular complexity index is 608. The molecule has 0 aliphatic heterocycles. The SMILES string of the molecule is O=C(Cc1c(F)cccc1F)Nc1ccc(CCCl)cc1. The van der Waals surface area contributed by atoms with E-state index in [0.717, 1.165) is 24.1 Å². The second-order valence-corrected chi connectivity index (χ2v) is 4.94. The maximum absolute atomic E-state index is 13.5. The summed E-state index contributed by atoms with van der Waals surface area (Å²) in [6, 6.07) is 10.7. The average Bonchev–Trinajstić information content (AvgIpc) is 2.45. The number of hydrogen-bond donors (Lipinski definition) is 1. The number of hydrogen-bond acceptors (Lipinski definition) is 1. The van der Waals surface area contributed by atoms with Gasteiger partial charge in [-0.15, -0.1) is 11.6 Å². The number of anilines is 1. The molecule has 1 amide bonds. The summed E-state index contributed by atoms with van der Waals surface area (Å²) in [7, 11) is 0. The normalized spacial score (nSPS) is 10.4. The van der Waals surface area contributed by atoms with Crippen LogP contribution < -0.4 is 5.32 Å². The summed E-state index contributed by atoms with van der Waals surface area (Å²) >= 11 is 5.64. The Balaban J connectivity index is 2.01. The lowest BCUT2D eigenvalue weighted by molar-refractivity contribution is -0.115. The van der Waals surface area contributed by atoms with Crippen molar-refractivity contribution in [1.82, 2.24) is 0 Å². The van der Waals surface area contributed by atoms with E-state index >= 15 is 0 Å². The number of nitrogens with one attached hydrogen (secondary N) is 1. The molecular formula is C16H14ClF2NO. The molecule has 110 valence electrons. The van der Waals surface area contributed by atoms with Crippen LogP contribution in [0.25, 0.3) is 0 Å². The van der Waals surface area contributed by atoms with Crippen molar-refractivity contribution in [2.45, 2.75) is 12.8 Å². The molecule has 0 spiro atoms.